The van der Waals surface area contributed by atoms with Crippen LogP contribution in [0.3, 0.4) is 0 Å². The zero-order valence-electron chi connectivity index (χ0n) is 13.5. The van der Waals surface area contributed by atoms with Crippen molar-refractivity contribution >= 4 is 11.7 Å². The second-order valence-corrected chi connectivity index (χ2v) is 5.01. The summed E-state index contributed by atoms with van der Waals surface area (Å²) in [6.07, 6.45) is 0.521. The van der Waals surface area contributed by atoms with E-state index in [1.54, 1.807) is 20.3 Å². The van der Waals surface area contributed by atoms with Crippen molar-refractivity contribution in [1.82, 2.24) is 0 Å². The van der Waals surface area contributed by atoms with E-state index in [4.69, 9.17) is 14.2 Å². The molecule has 0 aliphatic heterocycles. The van der Waals surface area contributed by atoms with Crippen LogP contribution in [-0.2, 0) is 16.0 Å². The monoisotopic (exact) mass is 315 g/mol. The van der Waals surface area contributed by atoms with Gasteiger partial charge in [0.2, 0.25) is 0 Å². The minimum absolute atomic E-state index is 0.323. The molecule has 0 fully saturated rings. The highest BCUT2D eigenvalue weighted by Crippen LogP contribution is 2.26. The molecule has 5 heteroatoms. The van der Waals surface area contributed by atoms with Gasteiger partial charge >= 0.3 is 5.97 Å². The second-order valence-electron chi connectivity index (χ2n) is 5.01. The molecule has 2 rings (SSSR count). The minimum Gasteiger partial charge on any atom is -0.497 e. The molecule has 2 aromatic rings. The van der Waals surface area contributed by atoms with Crippen LogP contribution < -0.4 is 14.8 Å². The highest BCUT2D eigenvalue weighted by Gasteiger charge is 2.20. The molecule has 122 valence electrons. The summed E-state index contributed by atoms with van der Waals surface area (Å²) in [5, 5.41) is 3.19. The minimum atomic E-state index is -0.501. The Morgan fingerprint density at radius 2 is 1.61 bits per heavy atom. The number of nitrogens with one attached hydrogen (secondary N) is 1. The maximum Gasteiger partial charge on any atom is 0.328 e. The smallest absolute Gasteiger partial charge is 0.328 e. The van der Waals surface area contributed by atoms with Crippen LogP contribution in [0, 0.1) is 0 Å². The summed E-state index contributed by atoms with van der Waals surface area (Å²) < 4.78 is 15.4. The summed E-state index contributed by atoms with van der Waals surface area (Å²) in [4.78, 5) is 12.1. The molecule has 23 heavy (non-hydrogen) atoms. The molecule has 0 aliphatic rings. The quantitative estimate of drug-likeness (QED) is 0.796. The van der Waals surface area contributed by atoms with Crippen molar-refractivity contribution in [3.05, 3.63) is 54.1 Å². The molecular formula is C18H21NO4. The van der Waals surface area contributed by atoms with Gasteiger partial charge in [-0.05, 0) is 5.56 Å². The molecule has 2 aromatic carbocycles. The maximum atomic E-state index is 12.1. The van der Waals surface area contributed by atoms with Crippen LogP contribution in [0.15, 0.2) is 48.5 Å². The van der Waals surface area contributed by atoms with E-state index in [2.05, 4.69) is 5.32 Å². The lowest BCUT2D eigenvalue weighted by atomic mass is 10.1. The Morgan fingerprint density at radius 1 is 1.00 bits per heavy atom. The van der Waals surface area contributed by atoms with Gasteiger partial charge in [-0.15, -0.1) is 0 Å². The highest BCUT2D eigenvalue weighted by molar-refractivity contribution is 5.80. The molecule has 0 heterocycles. The van der Waals surface area contributed by atoms with Crippen molar-refractivity contribution in [3.8, 4) is 11.5 Å². The van der Waals surface area contributed by atoms with Crippen molar-refractivity contribution < 1.29 is 19.0 Å². The largest absolute Gasteiger partial charge is 0.497 e. The predicted octanol–water partition coefficient (Wildman–Crippen LogP) is 2.90. The lowest BCUT2D eigenvalue weighted by Gasteiger charge is -2.19. The number of hydrogen-bond acceptors (Lipinski definition) is 5. The number of ether oxygens (including phenoxy) is 3. The molecule has 5 nitrogen and oxygen atoms in total. The SMILES string of the molecule is COC(=O)C(Cc1ccccc1)Nc1cc(OC)cc(OC)c1. The van der Waals surface area contributed by atoms with Gasteiger partial charge in [-0.25, -0.2) is 4.79 Å². The van der Waals surface area contributed by atoms with E-state index in [1.165, 1.54) is 7.11 Å². The Kier molecular flexibility index (Phi) is 5.86. The fourth-order valence-electron chi connectivity index (χ4n) is 2.28. The number of hydrogen-bond donors (Lipinski definition) is 1. The Balaban J connectivity index is 2.22. The molecule has 0 aromatic heterocycles. The molecular weight excluding hydrogens is 294 g/mol. The number of carbonyl (C=O) groups excluding carboxylic acids is 1. The second kappa shape index (κ2) is 8.08. The van der Waals surface area contributed by atoms with Gasteiger partial charge in [0.1, 0.15) is 17.5 Å². The highest BCUT2D eigenvalue weighted by atomic mass is 16.5. The first-order valence-electron chi connectivity index (χ1n) is 7.27. The average Bonchev–Trinajstić information content (AvgIpc) is 2.60. The van der Waals surface area contributed by atoms with Crippen LogP contribution in [0.5, 0.6) is 11.5 Å². The van der Waals surface area contributed by atoms with E-state index in [-0.39, 0.29) is 5.97 Å². The van der Waals surface area contributed by atoms with Gasteiger partial charge in [0.15, 0.2) is 0 Å². The van der Waals surface area contributed by atoms with Gasteiger partial charge < -0.3 is 19.5 Å². The van der Waals surface area contributed by atoms with Crippen LogP contribution in [0.4, 0.5) is 5.69 Å². The number of methoxy groups -OCH3 is 3. The topological polar surface area (TPSA) is 56.8 Å². The van der Waals surface area contributed by atoms with Crippen LogP contribution in [0.2, 0.25) is 0 Å². The van der Waals surface area contributed by atoms with E-state index in [9.17, 15) is 4.79 Å². The van der Waals surface area contributed by atoms with Gasteiger partial charge in [-0.2, -0.15) is 0 Å². The Hall–Kier alpha value is -2.69. The fourth-order valence-corrected chi connectivity index (χ4v) is 2.28. The molecule has 0 bridgehead atoms. The number of benzene rings is 2. The number of anilines is 1. The fraction of sp³-hybridized carbons (Fsp3) is 0.278. The first-order valence-corrected chi connectivity index (χ1v) is 7.27. The normalized spacial score (nSPS) is 11.4. The van der Waals surface area contributed by atoms with Gasteiger partial charge in [0.05, 0.1) is 21.3 Å². The van der Waals surface area contributed by atoms with Crippen LogP contribution in [-0.4, -0.2) is 33.3 Å². The molecule has 1 unspecified atom stereocenters. The summed E-state index contributed by atoms with van der Waals surface area (Å²) in [5.74, 6) is 0.973. The van der Waals surface area contributed by atoms with E-state index in [0.29, 0.717) is 17.9 Å². The Morgan fingerprint density at radius 3 is 2.13 bits per heavy atom. The van der Waals surface area contributed by atoms with Crippen molar-refractivity contribution in [3.63, 3.8) is 0 Å². The summed E-state index contributed by atoms with van der Waals surface area (Å²) in [6.45, 7) is 0. The zero-order valence-corrected chi connectivity index (χ0v) is 13.5. The molecule has 0 saturated heterocycles. The van der Waals surface area contributed by atoms with Crippen LogP contribution in [0.1, 0.15) is 5.56 Å². The van der Waals surface area contributed by atoms with Crippen molar-refractivity contribution in [2.45, 2.75) is 12.5 Å². The third-order valence-electron chi connectivity index (χ3n) is 3.46. The molecule has 0 spiro atoms. The van der Waals surface area contributed by atoms with Gasteiger partial charge in [0.25, 0.3) is 0 Å². The first-order chi connectivity index (χ1) is 11.2. The lowest BCUT2D eigenvalue weighted by molar-refractivity contribution is -0.141. The number of rotatable bonds is 7. The number of carbonyl (C=O) groups is 1. The molecule has 0 amide bonds. The van der Waals surface area contributed by atoms with Crippen molar-refractivity contribution in [2.24, 2.45) is 0 Å². The third-order valence-corrected chi connectivity index (χ3v) is 3.46. The molecule has 0 radical (unpaired) electrons. The zero-order chi connectivity index (χ0) is 16.7. The summed E-state index contributed by atoms with van der Waals surface area (Å²) in [6, 6.07) is 14.7. The van der Waals surface area contributed by atoms with Crippen LogP contribution in [0.25, 0.3) is 0 Å². The van der Waals surface area contributed by atoms with E-state index >= 15 is 0 Å². The summed E-state index contributed by atoms with van der Waals surface area (Å²) in [5.41, 5.74) is 1.78. The molecule has 0 aliphatic carbocycles. The average molecular weight is 315 g/mol. The van der Waals surface area contributed by atoms with Crippen molar-refractivity contribution in [1.29, 1.82) is 0 Å². The van der Waals surface area contributed by atoms with E-state index in [1.807, 2.05) is 42.5 Å². The summed E-state index contributed by atoms with van der Waals surface area (Å²) in [7, 11) is 4.55. The lowest BCUT2D eigenvalue weighted by Crippen LogP contribution is -2.32. The Labute approximate surface area is 136 Å². The first kappa shape index (κ1) is 16.7. The molecule has 1 N–H and O–H groups in total. The standard InChI is InChI=1S/C18H21NO4/c1-21-15-10-14(11-16(12-15)22-2)19-17(18(20)23-3)9-13-7-5-4-6-8-13/h4-8,10-12,17,19H,9H2,1-3H3. The van der Waals surface area contributed by atoms with Crippen molar-refractivity contribution in [2.75, 3.05) is 26.6 Å². The van der Waals surface area contributed by atoms with E-state index < -0.39 is 6.04 Å². The Bertz CT molecular complexity index is 620. The molecule has 0 saturated carbocycles. The number of esters is 1. The molecule has 1 atom stereocenters. The van der Waals surface area contributed by atoms with E-state index in [0.717, 1.165) is 11.3 Å². The third kappa shape index (κ3) is 4.64. The van der Waals surface area contributed by atoms with Gasteiger partial charge in [0, 0.05) is 30.3 Å². The van der Waals surface area contributed by atoms with Gasteiger partial charge in [-0.3, -0.25) is 0 Å². The van der Waals surface area contributed by atoms with Gasteiger partial charge in [-0.1, -0.05) is 30.3 Å². The predicted molar refractivity (Wildman–Crippen MR) is 89.1 cm³/mol. The maximum absolute atomic E-state index is 12.1. The van der Waals surface area contributed by atoms with Crippen LogP contribution >= 0.6 is 0 Å². The summed E-state index contributed by atoms with van der Waals surface area (Å²) >= 11 is 0.